The van der Waals surface area contributed by atoms with Crippen molar-refractivity contribution in [2.24, 2.45) is 0 Å². The van der Waals surface area contributed by atoms with Crippen molar-refractivity contribution in [2.45, 2.75) is 6.61 Å². The van der Waals surface area contributed by atoms with Gasteiger partial charge in [0.2, 0.25) is 0 Å². The smallest absolute Gasteiger partial charge is 0.333 e. The van der Waals surface area contributed by atoms with Crippen molar-refractivity contribution in [2.75, 3.05) is 7.11 Å². The van der Waals surface area contributed by atoms with Gasteiger partial charge in [0.15, 0.2) is 0 Å². The highest BCUT2D eigenvalue weighted by Crippen LogP contribution is 2.23. The molecule has 0 unspecified atom stereocenters. The molecule has 0 fully saturated rings. The molecule has 3 aromatic carbocycles. The van der Waals surface area contributed by atoms with E-state index in [0.29, 0.717) is 18.1 Å². The Bertz CT molecular complexity index is 883. The fourth-order valence-electron chi connectivity index (χ4n) is 2.53. The predicted octanol–water partition coefficient (Wildman–Crippen LogP) is 4.34. The molecule has 0 radical (unpaired) electrons. The van der Waals surface area contributed by atoms with E-state index < -0.39 is 0 Å². The van der Waals surface area contributed by atoms with Crippen molar-refractivity contribution in [3.8, 4) is 11.5 Å². The van der Waals surface area contributed by atoms with E-state index in [4.69, 9.17) is 9.47 Å². The molecule has 4 heteroatoms. The van der Waals surface area contributed by atoms with E-state index in [1.54, 1.807) is 7.11 Å². The molecular weight excluding hydrogens is 312 g/mol. The summed E-state index contributed by atoms with van der Waals surface area (Å²) in [4.78, 5) is 3.49. The van der Waals surface area contributed by atoms with Gasteiger partial charge >= 0.3 is 5.71 Å². The Morgan fingerprint density at radius 3 is 2.24 bits per heavy atom. The summed E-state index contributed by atoms with van der Waals surface area (Å²) in [5.41, 5.74) is 12.6. The van der Waals surface area contributed by atoms with E-state index in [1.165, 1.54) is 0 Å². The highest BCUT2D eigenvalue weighted by molar-refractivity contribution is 6.10. The number of para-hydroxylation sites is 1. The molecule has 4 nitrogen and oxygen atoms in total. The molecule has 0 bridgehead atoms. The topological polar surface area (TPSA) is 54.9 Å². The van der Waals surface area contributed by atoms with Crippen LogP contribution >= 0.6 is 0 Å². The van der Waals surface area contributed by atoms with Crippen molar-refractivity contribution in [1.29, 1.82) is 0 Å². The average Bonchev–Trinajstić information content (AvgIpc) is 2.69. The Hall–Kier alpha value is -3.36. The molecule has 0 aliphatic rings. The summed E-state index contributed by atoms with van der Waals surface area (Å²) in [5.74, 6) is 1.47. The van der Waals surface area contributed by atoms with Gasteiger partial charge in [-0.3, -0.25) is 0 Å². The molecule has 0 aliphatic carbocycles. The molecule has 3 rings (SSSR count). The second-order valence-electron chi connectivity index (χ2n) is 5.45. The van der Waals surface area contributed by atoms with E-state index in [9.17, 15) is 5.53 Å². The van der Waals surface area contributed by atoms with Gasteiger partial charge in [-0.1, -0.05) is 42.5 Å². The Morgan fingerprint density at radius 1 is 0.880 bits per heavy atom. The lowest BCUT2D eigenvalue weighted by Gasteiger charge is -2.10. The van der Waals surface area contributed by atoms with Crippen molar-refractivity contribution in [3.05, 3.63) is 101 Å². The predicted molar refractivity (Wildman–Crippen MR) is 97.0 cm³/mol. The van der Waals surface area contributed by atoms with Crippen LogP contribution in [0.1, 0.15) is 16.7 Å². The highest BCUT2D eigenvalue weighted by atomic mass is 16.5. The zero-order valence-electron chi connectivity index (χ0n) is 13.9. The standard InChI is InChI=1S/C21H18N2O2/c1-24-18-13-11-16(12-14-18)15-25-20-10-6-5-9-19(20)21(23-22)17-7-3-2-4-8-17/h2-14H,15H2,1H3. The molecular formula is C21H18N2O2. The number of methoxy groups -OCH3 is 1. The van der Waals surface area contributed by atoms with Gasteiger partial charge in [0.25, 0.3) is 0 Å². The Labute approximate surface area is 146 Å². The molecule has 124 valence electrons. The van der Waals surface area contributed by atoms with Crippen molar-refractivity contribution >= 4 is 5.71 Å². The third-order valence-electron chi connectivity index (χ3n) is 3.84. The Balaban J connectivity index is 1.84. The lowest BCUT2D eigenvalue weighted by atomic mass is 10.0. The quantitative estimate of drug-likeness (QED) is 0.383. The molecule has 3 aromatic rings. The summed E-state index contributed by atoms with van der Waals surface area (Å²) in [6, 6.07) is 24.8. The van der Waals surface area contributed by atoms with E-state index in [1.807, 2.05) is 78.9 Å². The van der Waals surface area contributed by atoms with Gasteiger partial charge in [-0.15, -0.1) is 0 Å². The number of ether oxygens (including phenoxy) is 2. The normalized spacial score (nSPS) is 9.96. The zero-order valence-corrected chi connectivity index (χ0v) is 13.9. The fourth-order valence-corrected chi connectivity index (χ4v) is 2.53. The van der Waals surface area contributed by atoms with Crippen molar-refractivity contribution in [1.82, 2.24) is 0 Å². The van der Waals surface area contributed by atoms with Gasteiger partial charge in [-0.2, -0.15) is 4.79 Å². The molecule has 25 heavy (non-hydrogen) atoms. The number of benzene rings is 3. The van der Waals surface area contributed by atoms with Crippen LogP contribution in [0.15, 0.2) is 78.9 Å². The highest BCUT2D eigenvalue weighted by Gasteiger charge is 2.19. The molecule has 0 aromatic heterocycles. The van der Waals surface area contributed by atoms with E-state index in [-0.39, 0.29) is 0 Å². The van der Waals surface area contributed by atoms with Crippen molar-refractivity contribution < 1.29 is 14.3 Å². The first kappa shape index (κ1) is 16.5. The molecule has 0 spiro atoms. The summed E-state index contributed by atoms with van der Waals surface area (Å²) in [5, 5.41) is 0. The van der Waals surface area contributed by atoms with Crippen LogP contribution in [0.5, 0.6) is 11.5 Å². The Kier molecular flexibility index (Phi) is 5.25. The fraction of sp³-hybridized carbons (Fsp3) is 0.0952. The summed E-state index contributed by atoms with van der Waals surface area (Å²) in [7, 11) is 1.64. The third-order valence-corrected chi connectivity index (χ3v) is 3.84. The van der Waals surface area contributed by atoms with Crippen LogP contribution in [-0.2, 0) is 6.61 Å². The first-order valence-corrected chi connectivity index (χ1v) is 7.94. The maximum absolute atomic E-state index is 9.52. The van der Waals surface area contributed by atoms with Gasteiger partial charge in [-0.05, 0) is 42.0 Å². The minimum absolute atomic E-state index is 0.411. The van der Waals surface area contributed by atoms with E-state index in [0.717, 1.165) is 22.4 Å². The summed E-state index contributed by atoms with van der Waals surface area (Å²) in [6.45, 7) is 0.411. The van der Waals surface area contributed by atoms with Crippen LogP contribution in [0.25, 0.3) is 5.53 Å². The van der Waals surface area contributed by atoms with Gasteiger partial charge in [-0.25, -0.2) is 0 Å². The monoisotopic (exact) mass is 330 g/mol. The Morgan fingerprint density at radius 2 is 1.56 bits per heavy atom. The van der Waals surface area contributed by atoms with Crippen LogP contribution in [0.3, 0.4) is 0 Å². The summed E-state index contributed by atoms with van der Waals surface area (Å²) < 4.78 is 11.1. The van der Waals surface area contributed by atoms with Crippen LogP contribution in [0.2, 0.25) is 0 Å². The first-order valence-electron chi connectivity index (χ1n) is 7.94. The van der Waals surface area contributed by atoms with Gasteiger partial charge in [0, 0.05) is 0 Å². The molecule has 0 aliphatic heterocycles. The van der Waals surface area contributed by atoms with Crippen LogP contribution in [0, 0.1) is 0 Å². The maximum atomic E-state index is 9.52. The average molecular weight is 330 g/mol. The van der Waals surface area contributed by atoms with E-state index >= 15 is 0 Å². The molecule has 0 atom stereocenters. The number of nitrogens with zero attached hydrogens (tertiary/aromatic N) is 2. The number of hydrogen-bond donors (Lipinski definition) is 0. The van der Waals surface area contributed by atoms with Gasteiger partial charge in [0.1, 0.15) is 23.7 Å². The summed E-state index contributed by atoms with van der Waals surface area (Å²) >= 11 is 0. The van der Waals surface area contributed by atoms with Crippen molar-refractivity contribution in [3.63, 3.8) is 0 Å². The maximum Gasteiger partial charge on any atom is 0.333 e. The molecule has 0 N–H and O–H groups in total. The second-order valence-corrected chi connectivity index (χ2v) is 5.45. The van der Waals surface area contributed by atoms with Crippen LogP contribution < -0.4 is 9.47 Å². The zero-order chi connectivity index (χ0) is 17.5. The van der Waals surface area contributed by atoms with Crippen LogP contribution in [0.4, 0.5) is 0 Å². The molecule has 0 amide bonds. The summed E-state index contributed by atoms with van der Waals surface area (Å²) in [6.07, 6.45) is 0. The molecule has 0 saturated carbocycles. The number of rotatable bonds is 6. The first-order chi connectivity index (χ1) is 12.3. The molecule has 0 heterocycles. The van der Waals surface area contributed by atoms with Crippen LogP contribution in [-0.4, -0.2) is 17.6 Å². The minimum atomic E-state index is 0.411. The third kappa shape index (κ3) is 3.94. The second kappa shape index (κ2) is 7.95. The molecule has 0 saturated heterocycles. The lowest BCUT2D eigenvalue weighted by Crippen LogP contribution is -2.08. The van der Waals surface area contributed by atoms with E-state index in [2.05, 4.69) is 4.79 Å². The minimum Gasteiger partial charge on any atom is -0.497 e. The lowest BCUT2D eigenvalue weighted by molar-refractivity contribution is -0.00299. The number of hydrogen-bond acceptors (Lipinski definition) is 2. The van der Waals surface area contributed by atoms with Gasteiger partial charge < -0.3 is 15.0 Å². The SMILES string of the molecule is COc1ccc(COc2ccccc2C(=[N+]=[N-])c2ccccc2)cc1. The largest absolute Gasteiger partial charge is 0.497 e. The van der Waals surface area contributed by atoms with Gasteiger partial charge in [0.05, 0.1) is 12.7 Å².